The Balaban J connectivity index is 1.79. The minimum absolute atomic E-state index is 0.150. The number of rotatable bonds is 4. The fourth-order valence-electron chi connectivity index (χ4n) is 2.08. The molecule has 0 aliphatic rings. The van der Waals surface area contributed by atoms with E-state index in [2.05, 4.69) is 9.98 Å². The molecular weight excluding hydrogens is 302 g/mol. The number of benzene rings is 2. The molecule has 118 valence electrons. The van der Waals surface area contributed by atoms with Crippen molar-refractivity contribution in [3.05, 3.63) is 90.3 Å². The molecule has 0 spiro atoms. The monoisotopic (exact) mass is 317 g/mol. The number of aliphatic imine (C=N–C) groups is 1. The number of hydrogen-bond donors (Lipinski definition) is 1. The number of ether oxygens (including phenoxy) is 1. The molecule has 2 N–H and O–H groups in total. The van der Waals surface area contributed by atoms with E-state index in [0.29, 0.717) is 22.6 Å². The second-order valence-electron chi connectivity index (χ2n) is 4.98. The van der Waals surface area contributed by atoms with E-state index in [4.69, 9.17) is 10.5 Å². The summed E-state index contributed by atoms with van der Waals surface area (Å²) in [4.78, 5) is 20.1. The van der Waals surface area contributed by atoms with Gasteiger partial charge in [-0.25, -0.2) is 0 Å². The third-order valence-electron chi connectivity index (χ3n) is 3.26. The second-order valence-corrected chi connectivity index (χ2v) is 4.98. The highest BCUT2D eigenvalue weighted by molar-refractivity contribution is 6.08. The van der Waals surface area contributed by atoms with Crippen LogP contribution in [0.4, 0.5) is 0 Å². The number of aromatic nitrogens is 1. The van der Waals surface area contributed by atoms with Crippen molar-refractivity contribution < 1.29 is 9.53 Å². The number of nitrogens with zero attached hydrogens (tertiary/aromatic N) is 2. The van der Waals surface area contributed by atoms with Crippen LogP contribution in [-0.2, 0) is 0 Å². The summed E-state index contributed by atoms with van der Waals surface area (Å²) in [6.07, 6.45) is 3.19. The Labute approximate surface area is 139 Å². The molecule has 5 nitrogen and oxygen atoms in total. The Kier molecular flexibility index (Phi) is 4.62. The lowest BCUT2D eigenvalue weighted by Crippen LogP contribution is -2.15. The third kappa shape index (κ3) is 3.84. The Morgan fingerprint density at radius 2 is 1.58 bits per heavy atom. The number of amides is 1. The van der Waals surface area contributed by atoms with Crippen LogP contribution in [-0.4, -0.2) is 16.7 Å². The molecule has 1 amide bonds. The molecule has 0 fully saturated rings. The Bertz CT molecular complexity index is 862. The van der Waals surface area contributed by atoms with Gasteiger partial charge in [0.2, 0.25) is 0 Å². The van der Waals surface area contributed by atoms with Crippen molar-refractivity contribution in [1.82, 2.24) is 4.98 Å². The van der Waals surface area contributed by atoms with Crippen LogP contribution in [0.15, 0.2) is 84.1 Å². The Morgan fingerprint density at radius 1 is 0.875 bits per heavy atom. The molecule has 24 heavy (non-hydrogen) atoms. The third-order valence-corrected chi connectivity index (χ3v) is 3.26. The van der Waals surface area contributed by atoms with Crippen LogP contribution in [0.3, 0.4) is 0 Å². The van der Waals surface area contributed by atoms with Gasteiger partial charge >= 0.3 is 0 Å². The standard InChI is InChI=1S/C19H15N3O2/c20-18(14-9-11-21-12-10-14)22-19(23)15-5-4-8-17(13-15)24-16-6-2-1-3-7-16/h1-13H,(H2,20,22,23). The zero-order chi connectivity index (χ0) is 16.8. The first-order chi connectivity index (χ1) is 11.7. The molecule has 2 aromatic carbocycles. The van der Waals surface area contributed by atoms with Crippen LogP contribution in [0.1, 0.15) is 15.9 Å². The number of carbonyl (C=O) groups is 1. The molecule has 3 rings (SSSR count). The van der Waals surface area contributed by atoms with E-state index in [0.717, 1.165) is 0 Å². The summed E-state index contributed by atoms with van der Waals surface area (Å²) in [7, 11) is 0. The van der Waals surface area contributed by atoms with Gasteiger partial charge in [0, 0.05) is 23.5 Å². The molecule has 0 unspecified atom stereocenters. The van der Waals surface area contributed by atoms with Gasteiger partial charge in [0.25, 0.3) is 5.91 Å². The molecule has 0 aliphatic heterocycles. The molecule has 1 heterocycles. The van der Waals surface area contributed by atoms with Crippen molar-refractivity contribution in [3.8, 4) is 11.5 Å². The molecule has 3 aromatic rings. The van der Waals surface area contributed by atoms with E-state index >= 15 is 0 Å². The van der Waals surface area contributed by atoms with Crippen molar-refractivity contribution in [2.45, 2.75) is 0 Å². The van der Waals surface area contributed by atoms with Gasteiger partial charge in [-0.05, 0) is 42.5 Å². The highest BCUT2D eigenvalue weighted by Gasteiger charge is 2.08. The highest BCUT2D eigenvalue weighted by Crippen LogP contribution is 2.22. The number of pyridine rings is 1. The van der Waals surface area contributed by atoms with Crippen molar-refractivity contribution in [2.75, 3.05) is 0 Å². The lowest BCUT2D eigenvalue weighted by atomic mass is 10.2. The molecule has 0 radical (unpaired) electrons. The summed E-state index contributed by atoms with van der Waals surface area (Å²) in [6, 6.07) is 19.6. The minimum atomic E-state index is -0.428. The lowest BCUT2D eigenvalue weighted by Gasteiger charge is -2.06. The number of carbonyl (C=O) groups excluding carboxylic acids is 1. The maximum absolute atomic E-state index is 12.3. The van der Waals surface area contributed by atoms with Crippen LogP contribution in [0.5, 0.6) is 11.5 Å². The van der Waals surface area contributed by atoms with Gasteiger partial charge in [-0.2, -0.15) is 4.99 Å². The first-order valence-electron chi connectivity index (χ1n) is 7.34. The van der Waals surface area contributed by atoms with E-state index in [9.17, 15) is 4.79 Å². The normalized spacial score (nSPS) is 11.1. The predicted octanol–water partition coefficient (Wildman–Crippen LogP) is 3.42. The molecule has 0 saturated carbocycles. The summed E-state index contributed by atoms with van der Waals surface area (Å²) in [5.41, 5.74) is 6.92. The van der Waals surface area contributed by atoms with Gasteiger partial charge in [-0.3, -0.25) is 9.78 Å². The van der Waals surface area contributed by atoms with Gasteiger partial charge < -0.3 is 10.5 Å². The van der Waals surface area contributed by atoms with Crippen molar-refractivity contribution >= 4 is 11.7 Å². The topological polar surface area (TPSA) is 77.6 Å². The summed E-state index contributed by atoms with van der Waals surface area (Å²) in [6.45, 7) is 0. The number of nitrogens with two attached hydrogens (primary N) is 1. The van der Waals surface area contributed by atoms with E-state index in [-0.39, 0.29) is 5.84 Å². The zero-order valence-electron chi connectivity index (χ0n) is 12.8. The fraction of sp³-hybridized carbons (Fsp3) is 0. The Morgan fingerprint density at radius 3 is 2.33 bits per heavy atom. The molecule has 5 heteroatoms. The van der Waals surface area contributed by atoms with Crippen LogP contribution in [0, 0.1) is 0 Å². The van der Waals surface area contributed by atoms with Crippen molar-refractivity contribution in [2.24, 2.45) is 10.7 Å². The maximum Gasteiger partial charge on any atom is 0.279 e. The van der Waals surface area contributed by atoms with Gasteiger partial charge in [0.1, 0.15) is 17.3 Å². The van der Waals surface area contributed by atoms with Crippen LogP contribution < -0.4 is 10.5 Å². The van der Waals surface area contributed by atoms with Crippen LogP contribution in [0.2, 0.25) is 0 Å². The summed E-state index contributed by atoms with van der Waals surface area (Å²) in [5, 5.41) is 0. The van der Waals surface area contributed by atoms with Gasteiger partial charge in [-0.15, -0.1) is 0 Å². The maximum atomic E-state index is 12.3. The smallest absolute Gasteiger partial charge is 0.279 e. The Hall–Kier alpha value is -3.47. The predicted molar refractivity (Wildman–Crippen MR) is 92.2 cm³/mol. The SMILES string of the molecule is NC(=NC(=O)c1cccc(Oc2ccccc2)c1)c1ccncc1. The molecule has 1 aromatic heterocycles. The number of para-hydroxylation sites is 1. The molecule has 0 aliphatic carbocycles. The van der Waals surface area contributed by atoms with Gasteiger partial charge in [0.05, 0.1) is 0 Å². The number of amidine groups is 1. The van der Waals surface area contributed by atoms with Crippen LogP contribution >= 0.6 is 0 Å². The van der Waals surface area contributed by atoms with Gasteiger partial charge in [-0.1, -0.05) is 24.3 Å². The van der Waals surface area contributed by atoms with Crippen molar-refractivity contribution in [1.29, 1.82) is 0 Å². The zero-order valence-corrected chi connectivity index (χ0v) is 12.8. The molecule has 0 saturated heterocycles. The summed E-state index contributed by atoms with van der Waals surface area (Å²) < 4.78 is 5.72. The largest absolute Gasteiger partial charge is 0.457 e. The highest BCUT2D eigenvalue weighted by atomic mass is 16.5. The minimum Gasteiger partial charge on any atom is -0.457 e. The first-order valence-corrected chi connectivity index (χ1v) is 7.34. The van der Waals surface area contributed by atoms with E-state index in [1.54, 1.807) is 48.8 Å². The van der Waals surface area contributed by atoms with Gasteiger partial charge in [0.15, 0.2) is 0 Å². The van der Waals surface area contributed by atoms with Crippen LogP contribution in [0.25, 0.3) is 0 Å². The number of hydrogen-bond acceptors (Lipinski definition) is 3. The molecular formula is C19H15N3O2. The summed E-state index contributed by atoms with van der Waals surface area (Å²) in [5.74, 6) is 0.978. The van der Waals surface area contributed by atoms with Crippen molar-refractivity contribution in [3.63, 3.8) is 0 Å². The van der Waals surface area contributed by atoms with E-state index < -0.39 is 5.91 Å². The average molecular weight is 317 g/mol. The quantitative estimate of drug-likeness (QED) is 0.591. The molecule has 0 bridgehead atoms. The van der Waals surface area contributed by atoms with E-state index in [1.165, 1.54) is 0 Å². The lowest BCUT2D eigenvalue weighted by molar-refractivity contribution is 0.100. The second kappa shape index (κ2) is 7.19. The van der Waals surface area contributed by atoms with E-state index in [1.807, 2.05) is 30.3 Å². The average Bonchev–Trinajstić information content (AvgIpc) is 2.63. The summed E-state index contributed by atoms with van der Waals surface area (Å²) >= 11 is 0. The fourth-order valence-corrected chi connectivity index (χ4v) is 2.08. The molecule has 0 atom stereocenters. The first kappa shape index (κ1) is 15.4.